The summed E-state index contributed by atoms with van der Waals surface area (Å²) in [4.78, 5) is 25.2. The van der Waals surface area contributed by atoms with Crippen molar-refractivity contribution in [1.82, 2.24) is 9.78 Å². The Morgan fingerprint density at radius 1 is 1.17 bits per heavy atom. The lowest BCUT2D eigenvalue weighted by Crippen LogP contribution is -2.35. The molecule has 3 aromatic rings. The van der Waals surface area contributed by atoms with Gasteiger partial charge in [0, 0.05) is 16.3 Å². The molecule has 1 aliphatic rings. The Hall–Kier alpha value is -3.52. The highest BCUT2D eigenvalue weighted by molar-refractivity contribution is 6.30. The lowest BCUT2D eigenvalue weighted by molar-refractivity contribution is -0.125. The summed E-state index contributed by atoms with van der Waals surface area (Å²) in [5.41, 5.74) is 2.03. The van der Waals surface area contributed by atoms with Crippen molar-refractivity contribution in [2.75, 3.05) is 24.9 Å². The van der Waals surface area contributed by atoms with Crippen LogP contribution in [-0.4, -0.2) is 35.8 Å². The van der Waals surface area contributed by atoms with Gasteiger partial charge < -0.3 is 20.1 Å². The van der Waals surface area contributed by atoms with Gasteiger partial charge in [-0.05, 0) is 42.0 Å². The predicted molar refractivity (Wildman–Crippen MR) is 113 cm³/mol. The fourth-order valence-corrected chi connectivity index (χ4v) is 3.47. The van der Waals surface area contributed by atoms with Crippen molar-refractivity contribution in [2.24, 2.45) is 0 Å². The van der Waals surface area contributed by atoms with Crippen molar-refractivity contribution in [3.05, 3.63) is 53.7 Å². The van der Waals surface area contributed by atoms with Crippen molar-refractivity contribution in [1.29, 1.82) is 0 Å². The van der Waals surface area contributed by atoms with Gasteiger partial charge in [-0.25, -0.2) is 4.68 Å². The first-order valence-electron chi connectivity index (χ1n) is 9.16. The number of nitrogens with one attached hydrogen (secondary N) is 2. The van der Waals surface area contributed by atoms with E-state index < -0.39 is 6.04 Å². The molecule has 1 aromatic heterocycles. The summed E-state index contributed by atoms with van der Waals surface area (Å²) in [6.45, 7) is 0. The maximum Gasteiger partial charge on any atom is 0.249 e. The quantitative estimate of drug-likeness (QED) is 0.648. The Balaban J connectivity index is 1.66. The van der Waals surface area contributed by atoms with Gasteiger partial charge >= 0.3 is 0 Å². The number of fused-ring (bicyclic) bond motifs is 1. The lowest BCUT2D eigenvalue weighted by Gasteiger charge is -2.24. The van der Waals surface area contributed by atoms with Gasteiger partial charge in [-0.15, -0.1) is 0 Å². The molecule has 0 aliphatic carbocycles. The van der Waals surface area contributed by atoms with Crippen LogP contribution in [0.1, 0.15) is 12.5 Å². The average Bonchev–Trinajstić information content (AvgIpc) is 3.17. The van der Waals surface area contributed by atoms with Crippen LogP contribution in [0.2, 0.25) is 5.02 Å². The second-order valence-electron chi connectivity index (χ2n) is 6.69. The van der Waals surface area contributed by atoms with Crippen molar-refractivity contribution < 1.29 is 19.1 Å². The molecule has 9 heteroatoms. The summed E-state index contributed by atoms with van der Waals surface area (Å²) in [7, 11) is 3.11. The maximum absolute atomic E-state index is 12.9. The molecule has 0 radical (unpaired) electrons. The lowest BCUT2D eigenvalue weighted by atomic mass is 10.1. The average molecular weight is 427 g/mol. The molecule has 2 aromatic carbocycles. The van der Waals surface area contributed by atoms with Gasteiger partial charge in [0.15, 0.2) is 11.5 Å². The first kappa shape index (κ1) is 19.8. The number of carbonyl (C=O) groups excluding carboxylic acids is 2. The summed E-state index contributed by atoms with van der Waals surface area (Å²) >= 11 is 5.89. The van der Waals surface area contributed by atoms with Crippen molar-refractivity contribution in [3.8, 4) is 22.6 Å². The van der Waals surface area contributed by atoms with Crippen LogP contribution in [-0.2, 0) is 9.59 Å². The predicted octanol–water partition coefficient (Wildman–Crippen LogP) is 3.74. The Morgan fingerprint density at radius 2 is 1.90 bits per heavy atom. The third-order valence-corrected chi connectivity index (χ3v) is 5.09. The summed E-state index contributed by atoms with van der Waals surface area (Å²) in [5, 5.41) is 10.6. The van der Waals surface area contributed by atoms with Gasteiger partial charge in [0.25, 0.3) is 0 Å². The van der Waals surface area contributed by atoms with Crippen LogP contribution in [0, 0.1) is 0 Å². The number of hydrogen-bond donors (Lipinski definition) is 2. The van der Waals surface area contributed by atoms with Crippen LogP contribution in [0.3, 0.4) is 0 Å². The van der Waals surface area contributed by atoms with Crippen LogP contribution < -0.4 is 20.1 Å². The number of rotatable bonds is 5. The molecule has 2 heterocycles. The zero-order valence-corrected chi connectivity index (χ0v) is 17.1. The number of anilines is 2. The zero-order chi connectivity index (χ0) is 21.3. The van der Waals surface area contributed by atoms with E-state index in [4.69, 9.17) is 21.1 Å². The van der Waals surface area contributed by atoms with Crippen molar-refractivity contribution in [2.45, 2.75) is 12.5 Å². The number of ether oxygens (including phenoxy) is 2. The van der Waals surface area contributed by atoms with E-state index in [1.807, 2.05) is 6.07 Å². The zero-order valence-electron chi connectivity index (χ0n) is 16.3. The molecule has 8 nitrogen and oxygen atoms in total. The van der Waals surface area contributed by atoms with E-state index in [1.54, 1.807) is 56.8 Å². The fraction of sp³-hybridized carbons (Fsp3) is 0.190. The van der Waals surface area contributed by atoms with Crippen molar-refractivity contribution >= 4 is 34.9 Å². The number of carbonyl (C=O) groups is 2. The highest BCUT2D eigenvalue weighted by Crippen LogP contribution is 2.38. The number of aromatic nitrogens is 2. The Kier molecular flexibility index (Phi) is 5.33. The molecule has 2 N–H and O–H groups in total. The van der Waals surface area contributed by atoms with Crippen LogP contribution in [0.25, 0.3) is 11.1 Å². The van der Waals surface area contributed by atoms with Crippen LogP contribution in [0.5, 0.6) is 11.5 Å². The third kappa shape index (κ3) is 3.69. The van der Waals surface area contributed by atoms with E-state index in [1.165, 1.54) is 4.68 Å². The summed E-state index contributed by atoms with van der Waals surface area (Å²) in [5.74, 6) is 0.992. The second-order valence-corrected chi connectivity index (χ2v) is 7.12. The molecule has 30 heavy (non-hydrogen) atoms. The molecule has 4 rings (SSSR count). The standard InChI is InChI=1S/C21H19ClN4O4/c1-29-17-8-3-12(9-18(17)30-2)15-11-23-26-16(10-19(27)25-20(15)26)21(28)24-14-6-4-13(22)5-7-14/h3-9,11,16H,10H2,1-2H3,(H,24,28)(H,25,27). The van der Waals surface area contributed by atoms with Crippen LogP contribution in [0.15, 0.2) is 48.7 Å². The molecule has 1 atom stereocenters. The Bertz CT molecular complexity index is 1110. The van der Waals surface area contributed by atoms with E-state index in [-0.39, 0.29) is 18.2 Å². The van der Waals surface area contributed by atoms with E-state index >= 15 is 0 Å². The van der Waals surface area contributed by atoms with Gasteiger partial charge in [0.05, 0.1) is 26.8 Å². The molecule has 0 saturated carbocycles. The van der Waals surface area contributed by atoms with Crippen LogP contribution >= 0.6 is 11.6 Å². The summed E-state index contributed by atoms with van der Waals surface area (Å²) in [6, 6.07) is 11.4. The molecule has 0 fully saturated rings. The normalized spacial score (nSPS) is 15.2. The molecule has 0 bridgehead atoms. The maximum atomic E-state index is 12.9. The molecule has 0 saturated heterocycles. The smallest absolute Gasteiger partial charge is 0.249 e. The van der Waals surface area contributed by atoms with Gasteiger partial charge in [-0.1, -0.05) is 17.7 Å². The van der Waals surface area contributed by atoms with E-state index in [0.717, 1.165) is 5.56 Å². The Labute approximate surface area is 177 Å². The number of benzene rings is 2. The number of hydrogen-bond acceptors (Lipinski definition) is 5. The fourth-order valence-electron chi connectivity index (χ4n) is 3.35. The minimum Gasteiger partial charge on any atom is -0.493 e. The molecular formula is C21H19ClN4O4. The summed E-state index contributed by atoms with van der Waals surface area (Å²) < 4.78 is 12.2. The number of amides is 2. The monoisotopic (exact) mass is 426 g/mol. The van der Waals surface area contributed by atoms with Gasteiger partial charge in [-0.2, -0.15) is 5.10 Å². The van der Waals surface area contributed by atoms with Crippen molar-refractivity contribution in [3.63, 3.8) is 0 Å². The number of halogens is 1. The number of methoxy groups -OCH3 is 2. The SMILES string of the molecule is COc1ccc(-c2cnn3c2NC(=O)CC3C(=O)Nc2ccc(Cl)cc2)cc1OC. The molecule has 1 aliphatic heterocycles. The molecular weight excluding hydrogens is 408 g/mol. The van der Waals surface area contributed by atoms with Gasteiger partial charge in [0.2, 0.25) is 11.8 Å². The van der Waals surface area contributed by atoms with E-state index in [9.17, 15) is 9.59 Å². The number of nitrogens with zero attached hydrogens (tertiary/aromatic N) is 2. The van der Waals surface area contributed by atoms with Gasteiger partial charge in [0.1, 0.15) is 11.9 Å². The minimum absolute atomic E-state index is 0.0144. The molecule has 154 valence electrons. The minimum atomic E-state index is -0.779. The molecule has 2 amide bonds. The summed E-state index contributed by atoms with van der Waals surface area (Å²) in [6.07, 6.45) is 1.60. The van der Waals surface area contributed by atoms with E-state index in [2.05, 4.69) is 15.7 Å². The highest BCUT2D eigenvalue weighted by atomic mass is 35.5. The molecule has 0 spiro atoms. The third-order valence-electron chi connectivity index (χ3n) is 4.84. The van der Waals surface area contributed by atoms with Gasteiger partial charge in [-0.3, -0.25) is 9.59 Å². The Morgan fingerprint density at radius 3 is 2.60 bits per heavy atom. The largest absolute Gasteiger partial charge is 0.493 e. The second kappa shape index (κ2) is 8.08. The molecule has 1 unspecified atom stereocenters. The highest BCUT2D eigenvalue weighted by Gasteiger charge is 2.33. The first-order valence-corrected chi connectivity index (χ1v) is 9.54. The topological polar surface area (TPSA) is 94.5 Å². The van der Waals surface area contributed by atoms with E-state index in [0.29, 0.717) is 33.6 Å². The first-order chi connectivity index (χ1) is 14.5. The van der Waals surface area contributed by atoms with Crippen LogP contribution in [0.4, 0.5) is 11.5 Å².